The average Bonchev–Trinajstić information content (AvgIpc) is 2.66. The van der Waals surface area contributed by atoms with E-state index in [-0.39, 0.29) is 11.7 Å². The summed E-state index contributed by atoms with van der Waals surface area (Å²) in [7, 11) is 0. The van der Waals surface area contributed by atoms with E-state index in [0.717, 1.165) is 18.8 Å². The van der Waals surface area contributed by atoms with Gasteiger partial charge >= 0.3 is 0 Å². The molecule has 0 spiro atoms. The van der Waals surface area contributed by atoms with E-state index in [2.05, 4.69) is 26.0 Å². The third kappa shape index (κ3) is 1.28. The lowest BCUT2D eigenvalue weighted by Gasteiger charge is -2.40. The van der Waals surface area contributed by atoms with Crippen LogP contribution in [0.15, 0.2) is 24.3 Å². The highest BCUT2D eigenvalue weighted by molar-refractivity contribution is 5.39. The van der Waals surface area contributed by atoms with Crippen LogP contribution in [-0.2, 0) is 4.74 Å². The van der Waals surface area contributed by atoms with Gasteiger partial charge < -0.3 is 9.47 Å². The maximum Gasteiger partial charge on any atom is 0.125 e. The zero-order chi connectivity index (χ0) is 10.5. The highest BCUT2D eigenvalue weighted by Gasteiger charge is 2.46. The minimum absolute atomic E-state index is 0.102. The molecule has 1 aromatic carbocycles. The molecule has 1 aromatic rings. The maximum absolute atomic E-state index is 6.05. The molecule has 0 radical (unpaired) electrons. The van der Waals surface area contributed by atoms with Crippen molar-refractivity contribution in [3.8, 4) is 5.75 Å². The van der Waals surface area contributed by atoms with E-state index in [9.17, 15) is 0 Å². The molecule has 2 aliphatic heterocycles. The normalized spacial score (nSPS) is 31.6. The van der Waals surface area contributed by atoms with E-state index in [0.29, 0.717) is 5.92 Å². The lowest BCUT2D eigenvalue weighted by atomic mass is 9.80. The van der Waals surface area contributed by atoms with Crippen LogP contribution in [0.1, 0.15) is 31.9 Å². The van der Waals surface area contributed by atoms with Crippen molar-refractivity contribution in [3.63, 3.8) is 0 Å². The second kappa shape index (κ2) is 2.99. The molecule has 80 valence electrons. The Kier molecular flexibility index (Phi) is 1.84. The molecule has 0 aliphatic carbocycles. The fourth-order valence-corrected chi connectivity index (χ4v) is 2.78. The van der Waals surface area contributed by atoms with Crippen molar-refractivity contribution < 1.29 is 9.47 Å². The van der Waals surface area contributed by atoms with E-state index in [4.69, 9.17) is 9.47 Å². The van der Waals surface area contributed by atoms with Crippen LogP contribution in [-0.4, -0.2) is 12.2 Å². The standard InChI is InChI=1S/C13H16O2/c1-13(2)10-7-8-14-12(10)9-5-3-4-6-11(9)15-13/h3-6,10,12H,7-8H2,1-2H3/t10-,12+/m0/s1. The Morgan fingerprint density at radius 2 is 2.07 bits per heavy atom. The van der Waals surface area contributed by atoms with E-state index >= 15 is 0 Å². The Balaban J connectivity index is 2.11. The summed E-state index contributed by atoms with van der Waals surface area (Å²) in [6.07, 6.45) is 1.34. The maximum atomic E-state index is 6.05. The topological polar surface area (TPSA) is 18.5 Å². The summed E-state index contributed by atoms with van der Waals surface area (Å²) in [5, 5.41) is 0. The lowest BCUT2D eigenvalue weighted by Crippen LogP contribution is -2.42. The predicted octanol–water partition coefficient (Wildman–Crippen LogP) is 2.94. The van der Waals surface area contributed by atoms with Crippen molar-refractivity contribution in [1.82, 2.24) is 0 Å². The molecule has 0 unspecified atom stereocenters. The minimum atomic E-state index is -0.102. The van der Waals surface area contributed by atoms with Crippen LogP contribution in [0.3, 0.4) is 0 Å². The van der Waals surface area contributed by atoms with Gasteiger partial charge in [-0.05, 0) is 26.3 Å². The fraction of sp³-hybridized carbons (Fsp3) is 0.538. The molecular formula is C13H16O2. The molecule has 1 fully saturated rings. The van der Waals surface area contributed by atoms with Gasteiger partial charge in [0.25, 0.3) is 0 Å². The smallest absolute Gasteiger partial charge is 0.125 e. The van der Waals surface area contributed by atoms with Crippen molar-refractivity contribution in [2.45, 2.75) is 32.0 Å². The van der Waals surface area contributed by atoms with Crippen LogP contribution in [0.25, 0.3) is 0 Å². The van der Waals surface area contributed by atoms with Crippen LogP contribution in [0.4, 0.5) is 0 Å². The Morgan fingerprint density at radius 3 is 2.93 bits per heavy atom. The zero-order valence-corrected chi connectivity index (χ0v) is 9.19. The van der Waals surface area contributed by atoms with Gasteiger partial charge in [0.2, 0.25) is 0 Å². The summed E-state index contributed by atoms with van der Waals surface area (Å²) in [4.78, 5) is 0. The predicted molar refractivity (Wildman–Crippen MR) is 57.9 cm³/mol. The fourth-order valence-electron chi connectivity index (χ4n) is 2.78. The number of hydrogen-bond acceptors (Lipinski definition) is 2. The highest BCUT2D eigenvalue weighted by atomic mass is 16.5. The Hall–Kier alpha value is -1.02. The van der Waals surface area contributed by atoms with Crippen LogP contribution in [0, 0.1) is 5.92 Å². The second-order valence-electron chi connectivity index (χ2n) is 4.93. The first-order valence-electron chi connectivity index (χ1n) is 5.58. The summed E-state index contributed by atoms with van der Waals surface area (Å²) in [6.45, 7) is 5.18. The third-order valence-electron chi connectivity index (χ3n) is 3.58. The van der Waals surface area contributed by atoms with Gasteiger partial charge in [0, 0.05) is 18.1 Å². The number of fused-ring (bicyclic) bond motifs is 3. The van der Waals surface area contributed by atoms with Gasteiger partial charge in [-0.1, -0.05) is 18.2 Å². The molecule has 0 bridgehead atoms. The molecule has 0 aromatic heterocycles. The number of benzene rings is 1. The quantitative estimate of drug-likeness (QED) is 0.647. The molecule has 1 saturated heterocycles. The van der Waals surface area contributed by atoms with Gasteiger partial charge in [-0.3, -0.25) is 0 Å². The van der Waals surface area contributed by atoms with Gasteiger partial charge in [-0.2, -0.15) is 0 Å². The summed E-state index contributed by atoms with van der Waals surface area (Å²) >= 11 is 0. The van der Waals surface area contributed by atoms with Gasteiger partial charge in [0.05, 0.1) is 6.10 Å². The SMILES string of the molecule is CC1(C)Oc2ccccc2[C@H]2OCC[C@@H]21. The van der Waals surface area contributed by atoms with Crippen molar-refractivity contribution in [3.05, 3.63) is 29.8 Å². The van der Waals surface area contributed by atoms with E-state index in [1.54, 1.807) is 0 Å². The summed E-state index contributed by atoms with van der Waals surface area (Å²) in [5.41, 5.74) is 1.12. The summed E-state index contributed by atoms with van der Waals surface area (Å²) in [6, 6.07) is 8.23. The first-order chi connectivity index (χ1) is 7.18. The Morgan fingerprint density at radius 1 is 1.27 bits per heavy atom. The summed E-state index contributed by atoms with van der Waals surface area (Å²) in [5.74, 6) is 1.48. The van der Waals surface area contributed by atoms with Gasteiger partial charge in [-0.15, -0.1) is 0 Å². The number of para-hydroxylation sites is 1. The van der Waals surface area contributed by atoms with Gasteiger partial charge in [0.15, 0.2) is 0 Å². The Bertz CT molecular complexity index is 384. The zero-order valence-electron chi connectivity index (χ0n) is 9.19. The second-order valence-corrected chi connectivity index (χ2v) is 4.93. The Labute approximate surface area is 90.2 Å². The highest BCUT2D eigenvalue weighted by Crippen LogP contribution is 2.49. The van der Waals surface area contributed by atoms with Crippen molar-refractivity contribution in [2.75, 3.05) is 6.61 Å². The van der Waals surface area contributed by atoms with Crippen LogP contribution >= 0.6 is 0 Å². The molecule has 2 aliphatic rings. The third-order valence-corrected chi connectivity index (χ3v) is 3.58. The molecular weight excluding hydrogens is 188 g/mol. The monoisotopic (exact) mass is 204 g/mol. The number of rotatable bonds is 0. The first kappa shape index (κ1) is 9.22. The van der Waals surface area contributed by atoms with Crippen molar-refractivity contribution in [2.24, 2.45) is 5.92 Å². The molecule has 15 heavy (non-hydrogen) atoms. The van der Waals surface area contributed by atoms with Gasteiger partial charge in [0.1, 0.15) is 11.4 Å². The van der Waals surface area contributed by atoms with E-state index < -0.39 is 0 Å². The van der Waals surface area contributed by atoms with E-state index in [1.807, 2.05) is 12.1 Å². The molecule has 2 heteroatoms. The molecule has 3 rings (SSSR count). The molecule has 2 atom stereocenters. The molecule has 0 saturated carbocycles. The molecule has 2 nitrogen and oxygen atoms in total. The van der Waals surface area contributed by atoms with Gasteiger partial charge in [-0.25, -0.2) is 0 Å². The average molecular weight is 204 g/mol. The molecule has 0 N–H and O–H groups in total. The first-order valence-corrected chi connectivity index (χ1v) is 5.58. The largest absolute Gasteiger partial charge is 0.487 e. The summed E-state index contributed by atoms with van der Waals surface area (Å²) < 4.78 is 11.9. The molecule has 2 heterocycles. The van der Waals surface area contributed by atoms with Crippen LogP contribution in [0.2, 0.25) is 0 Å². The van der Waals surface area contributed by atoms with E-state index in [1.165, 1.54) is 5.56 Å². The van der Waals surface area contributed by atoms with Crippen LogP contribution in [0.5, 0.6) is 5.75 Å². The molecule has 0 amide bonds. The lowest BCUT2D eigenvalue weighted by molar-refractivity contribution is -0.0302. The number of hydrogen-bond donors (Lipinski definition) is 0. The van der Waals surface area contributed by atoms with Crippen LogP contribution < -0.4 is 4.74 Å². The van der Waals surface area contributed by atoms with Crippen molar-refractivity contribution in [1.29, 1.82) is 0 Å². The van der Waals surface area contributed by atoms with Crippen molar-refractivity contribution >= 4 is 0 Å². The minimum Gasteiger partial charge on any atom is -0.487 e. The number of ether oxygens (including phenoxy) is 2.